The van der Waals surface area contributed by atoms with Crippen molar-refractivity contribution in [2.75, 3.05) is 38.0 Å². The average Bonchev–Trinajstić information content (AvgIpc) is 2.63. The second-order valence-electron chi connectivity index (χ2n) is 5.77. The molecule has 2 aliphatic heterocycles. The molecule has 0 saturated carbocycles. The van der Waals surface area contributed by atoms with Gasteiger partial charge in [-0.05, 0) is 56.1 Å². The standard InChI is InChI=1S/C16H23N3O/c20-16-12-14-11-13(4-5-15(14)18-16)3-1-8-19-9-2-6-17-7-10-19/h4-5,11,17H,1-3,6-10,12H2,(H,18,20). The highest BCUT2D eigenvalue weighted by Crippen LogP contribution is 2.24. The van der Waals surface area contributed by atoms with Gasteiger partial charge in [-0.3, -0.25) is 4.79 Å². The largest absolute Gasteiger partial charge is 0.326 e. The lowest BCUT2D eigenvalue weighted by Crippen LogP contribution is -2.29. The number of amides is 1. The summed E-state index contributed by atoms with van der Waals surface area (Å²) in [5.74, 6) is 0.120. The third-order valence-electron chi connectivity index (χ3n) is 4.17. The highest BCUT2D eigenvalue weighted by Gasteiger charge is 2.17. The Labute approximate surface area is 120 Å². The van der Waals surface area contributed by atoms with Gasteiger partial charge in [-0.2, -0.15) is 0 Å². The van der Waals surface area contributed by atoms with Crippen molar-refractivity contribution >= 4 is 11.6 Å². The van der Waals surface area contributed by atoms with Gasteiger partial charge in [0.1, 0.15) is 0 Å². The predicted molar refractivity (Wildman–Crippen MR) is 81.0 cm³/mol. The lowest BCUT2D eigenvalue weighted by molar-refractivity contribution is -0.115. The molecule has 0 atom stereocenters. The number of benzene rings is 1. The summed E-state index contributed by atoms with van der Waals surface area (Å²) < 4.78 is 0. The molecule has 1 saturated heterocycles. The van der Waals surface area contributed by atoms with E-state index < -0.39 is 0 Å². The van der Waals surface area contributed by atoms with E-state index in [1.807, 2.05) is 6.07 Å². The minimum absolute atomic E-state index is 0.120. The number of rotatable bonds is 4. The van der Waals surface area contributed by atoms with Crippen molar-refractivity contribution in [2.24, 2.45) is 0 Å². The van der Waals surface area contributed by atoms with Gasteiger partial charge in [-0.25, -0.2) is 0 Å². The zero-order valence-corrected chi connectivity index (χ0v) is 12.0. The molecule has 108 valence electrons. The fourth-order valence-electron chi connectivity index (χ4n) is 3.07. The first-order chi connectivity index (χ1) is 9.81. The normalized spacial score (nSPS) is 19.5. The van der Waals surface area contributed by atoms with E-state index in [4.69, 9.17) is 0 Å². The van der Waals surface area contributed by atoms with Crippen LogP contribution in [0.5, 0.6) is 0 Å². The Kier molecular flexibility index (Phi) is 4.33. The van der Waals surface area contributed by atoms with Crippen LogP contribution in [0.2, 0.25) is 0 Å². The smallest absolute Gasteiger partial charge is 0.228 e. The SMILES string of the molecule is O=C1Cc2cc(CCCN3CCCNCC3)ccc2N1. The van der Waals surface area contributed by atoms with Crippen LogP contribution in [0.15, 0.2) is 18.2 Å². The van der Waals surface area contributed by atoms with Crippen molar-refractivity contribution in [2.45, 2.75) is 25.7 Å². The van der Waals surface area contributed by atoms with Crippen LogP contribution in [0.1, 0.15) is 24.0 Å². The topological polar surface area (TPSA) is 44.4 Å². The van der Waals surface area contributed by atoms with E-state index in [1.165, 1.54) is 38.0 Å². The molecule has 0 radical (unpaired) electrons. The summed E-state index contributed by atoms with van der Waals surface area (Å²) in [5, 5.41) is 6.32. The Hall–Kier alpha value is -1.39. The molecule has 4 heteroatoms. The number of carbonyl (C=O) groups is 1. The van der Waals surface area contributed by atoms with E-state index in [0.29, 0.717) is 6.42 Å². The summed E-state index contributed by atoms with van der Waals surface area (Å²) in [6.07, 6.45) is 4.10. The molecule has 1 fully saturated rings. The fraction of sp³-hybridized carbons (Fsp3) is 0.562. The second kappa shape index (κ2) is 6.37. The molecule has 1 aromatic carbocycles. The van der Waals surface area contributed by atoms with E-state index in [2.05, 4.69) is 27.7 Å². The van der Waals surface area contributed by atoms with Crippen molar-refractivity contribution in [3.05, 3.63) is 29.3 Å². The first kappa shape index (κ1) is 13.6. The molecular formula is C16H23N3O. The van der Waals surface area contributed by atoms with E-state index in [0.717, 1.165) is 30.8 Å². The van der Waals surface area contributed by atoms with Crippen molar-refractivity contribution in [3.8, 4) is 0 Å². The van der Waals surface area contributed by atoms with Crippen molar-refractivity contribution in [1.29, 1.82) is 0 Å². The van der Waals surface area contributed by atoms with Crippen LogP contribution in [-0.4, -0.2) is 43.5 Å². The van der Waals surface area contributed by atoms with E-state index in [-0.39, 0.29) is 5.91 Å². The number of hydrogen-bond acceptors (Lipinski definition) is 3. The summed E-state index contributed by atoms with van der Waals surface area (Å²) in [7, 11) is 0. The summed E-state index contributed by atoms with van der Waals surface area (Å²) in [6.45, 7) is 5.84. The van der Waals surface area contributed by atoms with Gasteiger partial charge in [0.25, 0.3) is 0 Å². The molecule has 2 N–H and O–H groups in total. The van der Waals surface area contributed by atoms with Gasteiger partial charge in [0.15, 0.2) is 0 Å². The van der Waals surface area contributed by atoms with Gasteiger partial charge >= 0.3 is 0 Å². The molecule has 0 unspecified atom stereocenters. The number of anilines is 1. The van der Waals surface area contributed by atoms with Crippen LogP contribution in [-0.2, 0) is 17.6 Å². The molecule has 0 aliphatic carbocycles. The quantitative estimate of drug-likeness (QED) is 0.872. The number of aryl methyl sites for hydroxylation is 1. The predicted octanol–water partition coefficient (Wildman–Crippen LogP) is 1.41. The van der Waals surface area contributed by atoms with E-state index in [9.17, 15) is 4.79 Å². The maximum atomic E-state index is 11.3. The number of hydrogen-bond donors (Lipinski definition) is 2. The lowest BCUT2D eigenvalue weighted by Gasteiger charge is -2.19. The third kappa shape index (κ3) is 3.38. The van der Waals surface area contributed by atoms with Crippen molar-refractivity contribution in [3.63, 3.8) is 0 Å². The fourth-order valence-corrected chi connectivity index (χ4v) is 3.07. The lowest BCUT2D eigenvalue weighted by atomic mass is 10.0. The summed E-state index contributed by atoms with van der Waals surface area (Å²) in [6, 6.07) is 6.39. The van der Waals surface area contributed by atoms with Gasteiger partial charge in [-0.1, -0.05) is 12.1 Å². The average molecular weight is 273 g/mol. The van der Waals surface area contributed by atoms with Gasteiger partial charge in [0.05, 0.1) is 6.42 Å². The van der Waals surface area contributed by atoms with Gasteiger partial charge in [-0.15, -0.1) is 0 Å². The summed E-state index contributed by atoms with van der Waals surface area (Å²) in [5.41, 5.74) is 3.51. The molecular weight excluding hydrogens is 250 g/mol. The van der Waals surface area contributed by atoms with Crippen LogP contribution < -0.4 is 10.6 Å². The van der Waals surface area contributed by atoms with E-state index >= 15 is 0 Å². The molecule has 3 rings (SSSR count). The monoisotopic (exact) mass is 273 g/mol. The van der Waals surface area contributed by atoms with E-state index in [1.54, 1.807) is 0 Å². The second-order valence-corrected chi connectivity index (χ2v) is 5.77. The van der Waals surface area contributed by atoms with Gasteiger partial charge in [0.2, 0.25) is 5.91 Å². The first-order valence-electron chi connectivity index (χ1n) is 7.66. The molecule has 4 nitrogen and oxygen atoms in total. The Morgan fingerprint density at radius 3 is 3.10 bits per heavy atom. The Balaban J connectivity index is 1.49. The molecule has 1 amide bonds. The first-order valence-corrected chi connectivity index (χ1v) is 7.66. The number of carbonyl (C=O) groups excluding carboxylic acids is 1. The van der Waals surface area contributed by atoms with Crippen LogP contribution in [0.25, 0.3) is 0 Å². The molecule has 20 heavy (non-hydrogen) atoms. The number of fused-ring (bicyclic) bond motifs is 1. The van der Waals surface area contributed by atoms with Crippen LogP contribution in [0.3, 0.4) is 0 Å². The van der Waals surface area contributed by atoms with Crippen molar-refractivity contribution < 1.29 is 4.79 Å². The zero-order valence-electron chi connectivity index (χ0n) is 12.0. The third-order valence-corrected chi connectivity index (χ3v) is 4.17. The minimum Gasteiger partial charge on any atom is -0.326 e. The Morgan fingerprint density at radius 2 is 2.15 bits per heavy atom. The van der Waals surface area contributed by atoms with Gasteiger partial charge in [0, 0.05) is 18.8 Å². The highest BCUT2D eigenvalue weighted by molar-refractivity contribution is 5.99. The Bertz CT molecular complexity index is 479. The molecule has 2 aliphatic rings. The zero-order chi connectivity index (χ0) is 13.8. The molecule has 0 spiro atoms. The van der Waals surface area contributed by atoms with Crippen LogP contribution in [0, 0.1) is 0 Å². The minimum atomic E-state index is 0.120. The highest BCUT2D eigenvalue weighted by atomic mass is 16.1. The number of nitrogens with zero attached hydrogens (tertiary/aromatic N) is 1. The summed E-state index contributed by atoms with van der Waals surface area (Å²) in [4.78, 5) is 13.9. The summed E-state index contributed by atoms with van der Waals surface area (Å²) >= 11 is 0. The molecule has 2 heterocycles. The Morgan fingerprint density at radius 1 is 1.20 bits per heavy atom. The number of nitrogens with one attached hydrogen (secondary N) is 2. The maximum absolute atomic E-state index is 11.3. The molecule has 1 aromatic rings. The maximum Gasteiger partial charge on any atom is 0.228 e. The van der Waals surface area contributed by atoms with Gasteiger partial charge < -0.3 is 15.5 Å². The van der Waals surface area contributed by atoms with Crippen LogP contribution in [0.4, 0.5) is 5.69 Å². The van der Waals surface area contributed by atoms with Crippen molar-refractivity contribution in [1.82, 2.24) is 10.2 Å². The molecule has 0 bridgehead atoms. The molecule has 0 aromatic heterocycles. The van der Waals surface area contributed by atoms with Crippen LogP contribution >= 0.6 is 0 Å².